The minimum atomic E-state index is 0.0939. The first-order chi connectivity index (χ1) is 6.59. The maximum atomic E-state index is 5.22. The van der Waals surface area contributed by atoms with Crippen LogP contribution in [0, 0.1) is 6.92 Å². The SMILES string of the molecule is C/C(=N/[NH+]=C(N)N)c1ccc(C)cc1. The number of hydrogen-bond acceptors (Lipinski definition) is 1. The van der Waals surface area contributed by atoms with Crippen molar-refractivity contribution in [3.05, 3.63) is 35.4 Å². The number of nitrogens with zero attached hydrogens (tertiary/aromatic N) is 1. The molecule has 1 aromatic carbocycles. The minimum absolute atomic E-state index is 0.0939. The van der Waals surface area contributed by atoms with Crippen molar-refractivity contribution < 1.29 is 5.10 Å². The van der Waals surface area contributed by atoms with Crippen LogP contribution in [0.4, 0.5) is 0 Å². The number of nitrogens with one attached hydrogen (secondary N) is 1. The number of hydrazone groups is 1. The van der Waals surface area contributed by atoms with Gasteiger partial charge in [-0.25, -0.2) is 0 Å². The zero-order valence-corrected chi connectivity index (χ0v) is 8.41. The Labute approximate surface area is 83.3 Å². The first kappa shape index (κ1) is 10.2. The third-order valence-electron chi connectivity index (χ3n) is 1.82. The Kier molecular flexibility index (Phi) is 3.23. The van der Waals surface area contributed by atoms with Gasteiger partial charge in [0, 0.05) is 0 Å². The highest BCUT2D eigenvalue weighted by Gasteiger charge is 1.96. The number of hydrogen-bond donors (Lipinski definition) is 3. The normalized spacial score (nSPS) is 11.1. The highest BCUT2D eigenvalue weighted by molar-refractivity contribution is 5.98. The van der Waals surface area contributed by atoms with Gasteiger partial charge in [-0.2, -0.15) is 5.10 Å². The first-order valence-electron chi connectivity index (χ1n) is 4.35. The van der Waals surface area contributed by atoms with Gasteiger partial charge >= 0.3 is 5.96 Å². The van der Waals surface area contributed by atoms with E-state index >= 15 is 0 Å². The second-order valence-corrected chi connectivity index (χ2v) is 3.13. The van der Waals surface area contributed by atoms with Crippen molar-refractivity contribution in [2.45, 2.75) is 13.8 Å². The molecule has 5 N–H and O–H groups in total. The molecule has 4 heteroatoms. The molecule has 0 radical (unpaired) electrons. The molecule has 0 aliphatic carbocycles. The molecule has 0 amide bonds. The van der Waals surface area contributed by atoms with E-state index in [1.165, 1.54) is 5.56 Å². The highest BCUT2D eigenvalue weighted by atomic mass is 15.3. The summed E-state index contributed by atoms with van der Waals surface area (Å²) in [5.74, 6) is 0.0939. The molecule has 74 valence electrons. The summed E-state index contributed by atoms with van der Waals surface area (Å²) in [6.07, 6.45) is 0. The molecule has 0 atom stereocenters. The molecule has 0 unspecified atom stereocenters. The molecule has 1 aromatic rings. The van der Waals surface area contributed by atoms with Gasteiger partial charge in [0.15, 0.2) is 0 Å². The Morgan fingerprint density at radius 2 is 1.79 bits per heavy atom. The van der Waals surface area contributed by atoms with Crippen LogP contribution in [-0.4, -0.2) is 11.7 Å². The van der Waals surface area contributed by atoms with Crippen molar-refractivity contribution in [2.75, 3.05) is 0 Å². The van der Waals surface area contributed by atoms with Crippen molar-refractivity contribution in [2.24, 2.45) is 16.6 Å². The summed E-state index contributed by atoms with van der Waals surface area (Å²) in [7, 11) is 0. The van der Waals surface area contributed by atoms with Gasteiger partial charge in [0.05, 0.1) is 5.71 Å². The summed E-state index contributed by atoms with van der Waals surface area (Å²) in [6, 6.07) is 8.07. The van der Waals surface area contributed by atoms with Crippen LogP contribution in [0.2, 0.25) is 0 Å². The fourth-order valence-corrected chi connectivity index (χ4v) is 1.01. The van der Waals surface area contributed by atoms with Crippen LogP contribution in [-0.2, 0) is 0 Å². The van der Waals surface area contributed by atoms with E-state index < -0.39 is 0 Å². The van der Waals surface area contributed by atoms with Gasteiger partial charge in [-0.1, -0.05) is 29.8 Å². The van der Waals surface area contributed by atoms with Crippen LogP contribution in [0.3, 0.4) is 0 Å². The van der Waals surface area contributed by atoms with E-state index in [2.05, 4.69) is 10.2 Å². The number of benzene rings is 1. The van der Waals surface area contributed by atoms with Gasteiger partial charge in [0.2, 0.25) is 0 Å². The van der Waals surface area contributed by atoms with Crippen molar-refractivity contribution >= 4 is 11.7 Å². The van der Waals surface area contributed by atoms with Crippen molar-refractivity contribution in [3.63, 3.8) is 0 Å². The van der Waals surface area contributed by atoms with E-state index in [0.29, 0.717) is 0 Å². The third kappa shape index (κ3) is 2.90. The lowest BCUT2D eigenvalue weighted by atomic mass is 10.1. The predicted molar refractivity (Wildman–Crippen MR) is 57.7 cm³/mol. The average molecular weight is 191 g/mol. The fraction of sp³-hybridized carbons (Fsp3) is 0.200. The zero-order valence-electron chi connectivity index (χ0n) is 8.41. The maximum absolute atomic E-state index is 5.22. The molecule has 0 heterocycles. The summed E-state index contributed by atoms with van der Waals surface area (Å²) >= 11 is 0. The molecule has 0 spiro atoms. The van der Waals surface area contributed by atoms with Crippen LogP contribution in [0.5, 0.6) is 0 Å². The van der Waals surface area contributed by atoms with Gasteiger partial charge < -0.3 is 0 Å². The van der Waals surface area contributed by atoms with E-state index in [4.69, 9.17) is 11.5 Å². The molecule has 4 nitrogen and oxygen atoms in total. The Hall–Kier alpha value is -1.84. The topological polar surface area (TPSA) is 78.4 Å². The van der Waals surface area contributed by atoms with Gasteiger partial charge in [-0.3, -0.25) is 11.5 Å². The molecule has 0 saturated heterocycles. The molecule has 1 rings (SSSR count). The van der Waals surface area contributed by atoms with Crippen LogP contribution in [0.25, 0.3) is 0 Å². The standard InChI is InChI=1S/C10H14N4/c1-7-3-5-9(6-4-7)8(2)13-14-10(11)12/h3-6H,1-2H3,(H4,11,12,14)/p+1/b13-8-. The Morgan fingerprint density at radius 1 is 1.21 bits per heavy atom. The second kappa shape index (κ2) is 4.41. The largest absolute Gasteiger partial charge is 0.362 e. The van der Waals surface area contributed by atoms with Gasteiger partial charge in [0.1, 0.15) is 0 Å². The van der Waals surface area contributed by atoms with Crippen LogP contribution >= 0.6 is 0 Å². The van der Waals surface area contributed by atoms with E-state index in [0.717, 1.165) is 11.3 Å². The lowest BCUT2D eigenvalue weighted by molar-refractivity contribution is -0.464. The monoisotopic (exact) mass is 191 g/mol. The summed E-state index contributed by atoms with van der Waals surface area (Å²) < 4.78 is 0. The Bertz CT molecular complexity index is 358. The summed E-state index contributed by atoms with van der Waals surface area (Å²) in [4.78, 5) is 0. The highest BCUT2D eigenvalue weighted by Crippen LogP contribution is 2.03. The van der Waals surface area contributed by atoms with E-state index in [1.54, 1.807) is 0 Å². The molecular formula is C10H15N4+. The van der Waals surface area contributed by atoms with Crippen LogP contribution < -0.4 is 16.6 Å². The summed E-state index contributed by atoms with van der Waals surface area (Å²) in [5.41, 5.74) is 13.6. The summed E-state index contributed by atoms with van der Waals surface area (Å²) in [6.45, 7) is 3.93. The second-order valence-electron chi connectivity index (χ2n) is 3.13. The quantitative estimate of drug-likeness (QED) is 0.321. The minimum Gasteiger partial charge on any atom is -0.289 e. The smallest absolute Gasteiger partial charge is 0.289 e. The predicted octanol–water partition coefficient (Wildman–Crippen LogP) is -0.927. The van der Waals surface area contributed by atoms with E-state index in [-0.39, 0.29) is 5.96 Å². The third-order valence-corrected chi connectivity index (χ3v) is 1.82. The van der Waals surface area contributed by atoms with Crippen LogP contribution in [0.15, 0.2) is 29.4 Å². The Morgan fingerprint density at radius 3 is 2.29 bits per heavy atom. The Balaban J connectivity index is 2.89. The number of aryl methyl sites for hydroxylation is 1. The summed E-state index contributed by atoms with van der Waals surface area (Å²) in [5, 5.41) is 6.52. The van der Waals surface area contributed by atoms with E-state index in [1.807, 2.05) is 38.1 Å². The molecule has 0 fully saturated rings. The fourth-order valence-electron chi connectivity index (χ4n) is 1.01. The molecule has 0 aromatic heterocycles. The molecular weight excluding hydrogens is 176 g/mol. The van der Waals surface area contributed by atoms with Gasteiger partial charge in [-0.05, 0) is 19.4 Å². The molecule has 0 aliphatic rings. The van der Waals surface area contributed by atoms with Gasteiger partial charge in [0.25, 0.3) is 0 Å². The maximum Gasteiger partial charge on any atom is 0.362 e. The molecule has 0 saturated carbocycles. The molecule has 14 heavy (non-hydrogen) atoms. The lowest BCUT2D eigenvalue weighted by Crippen LogP contribution is -2.72. The number of rotatable bonds is 2. The molecule has 0 aliphatic heterocycles. The van der Waals surface area contributed by atoms with Gasteiger partial charge in [-0.15, -0.1) is 5.10 Å². The lowest BCUT2D eigenvalue weighted by Gasteiger charge is -1.98. The number of guanidine groups is 1. The van der Waals surface area contributed by atoms with Crippen molar-refractivity contribution in [1.29, 1.82) is 0 Å². The first-order valence-corrected chi connectivity index (χ1v) is 4.35. The van der Waals surface area contributed by atoms with Crippen LogP contribution in [0.1, 0.15) is 18.1 Å². The average Bonchev–Trinajstić information content (AvgIpc) is 2.15. The van der Waals surface area contributed by atoms with Crippen molar-refractivity contribution in [3.8, 4) is 0 Å². The number of nitrogens with two attached hydrogens (primary N) is 2. The van der Waals surface area contributed by atoms with E-state index in [9.17, 15) is 0 Å². The zero-order chi connectivity index (χ0) is 10.6. The molecule has 0 bridgehead atoms. The van der Waals surface area contributed by atoms with Crippen molar-refractivity contribution in [1.82, 2.24) is 0 Å².